The van der Waals surface area contributed by atoms with Gasteiger partial charge in [-0.3, -0.25) is 4.79 Å². The molecule has 1 amide bonds. The quantitative estimate of drug-likeness (QED) is 0.917. The first-order valence-electron chi connectivity index (χ1n) is 7.99. The van der Waals surface area contributed by atoms with Crippen LogP contribution in [0.5, 0.6) is 0 Å². The maximum atomic E-state index is 12.4. The molecule has 1 aliphatic carbocycles. The summed E-state index contributed by atoms with van der Waals surface area (Å²) in [5, 5.41) is 3.44. The lowest BCUT2D eigenvalue weighted by Gasteiger charge is -2.45. The summed E-state index contributed by atoms with van der Waals surface area (Å²) >= 11 is 0. The summed E-state index contributed by atoms with van der Waals surface area (Å²) in [5.74, 6) is 1.07. The van der Waals surface area contributed by atoms with Crippen LogP contribution in [0.3, 0.4) is 0 Å². The van der Waals surface area contributed by atoms with E-state index in [1.54, 1.807) is 25.0 Å². The number of likely N-dealkylation sites (tertiary alicyclic amines) is 1. The Kier molecular flexibility index (Phi) is 3.48. The minimum atomic E-state index is 0.187. The molecule has 1 spiro atoms. The van der Waals surface area contributed by atoms with Gasteiger partial charge in [0.1, 0.15) is 18.7 Å². The fourth-order valence-electron chi connectivity index (χ4n) is 3.79. The van der Waals surface area contributed by atoms with Gasteiger partial charge < -0.3 is 14.8 Å². The van der Waals surface area contributed by atoms with Crippen LogP contribution < -0.4 is 5.32 Å². The van der Waals surface area contributed by atoms with E-state index in [0.717, 1.165) is 38.2 Å². The van der Waals surface area contributed by atoms with E-state index in [1.165, 1.54) is 0 Å². The van der Waals surface area contributed by atoms with Crippen molar-refractivity contribution in [1.29, 1.82) is 0 Å². The number of anilines is 1. The zero-order valence-corrected chi connectivity index (χ0v) is 12.9. The van der Waals surface area contributed by atoms with Crippen molar-refractivity contribution < 1.29 is 4.79 Å². The fraction of sp³-hybridized carbons (Fsp3) is 0.500. The normalized spacial score (nSPS) is 26.3. The topological polar surface area (TPSA) is 75.9 Å². The molecule has 0 bridgehead atoms. The minimum absolute atomic E-state index is 0.187. The minimum Gasteiger partial charge on any atom is -0.367 e. The molecule has 2 aromatic heterocycles. The van der Waals surface area contributed by atoms with Crippen LogP contribution in [0.25, 0.3) is 0 Å². The Balaban J connectivity index is 1.29. The molecule has 2 aliphatic rings. The Morgan fingerprint density at radius 2 is 2.26 bits per heavy atom. The number of nitrogens with one attached hydrogen (secondary N) is 1. The molecule has 0 radical (unpaired) electrons. The maximum Gasteiger partial charge on any atom is 0.242 e. The number of carbonyl (C=O) groups excluding carboxylic acids is 1. The summed E-state index contributed by atoms with van der Waals surface area (Å²) in [6.45, 7) is 2.13. The summed E-state index contributed by atoms with van der Waals surface area (Å²) in [4.78, 5) is 26.5. The molecule has 0 atom stereocenters. The highest BCUT2D eigenvalue weighted by molar-refractivity contribution is 5.76. The van der Waals surface area contributed by atoms with Crippen LogP contribution in [-0.4, -0.2) is 49.5 Å². The largest absolute Gasteiger partial charge is 0.367 e. The smallest absolute Gasteiger partial charge is 0.242 e. The highest BCUT2D eigenvalue weighted by Gasteiger charge is 2.49. The lowest BCUT2D eigenvalue weighted by atomic mass is 9.65. The lowest BCUT2D eigenvalue weighted by molar-refractivity contribution is -0.131. The van der Waals surface area contributed by atoms with Gasteiger partial charge >= 0.3 is 0 Å². The number of hydrogen-bond acceptors (Lipinski definition) is 5. The van der Waals surface area contributed by atoms with Gasteiger partial charge in [0.2, 0.25) is 5.91 Å². The van der Waals surface area contributed by atoms with Crippen LogP contribution >= 0.6 is 0 Å². The molecule has 7 heteroatoms. The molecule has 1 saturated carbocycles. The van der Waals surface area contributed by atoms with Gasteiger partial charge in [0, 0.05) is 37.7 Å². The Morgan fingerprint density at radius 1 is 1.35 bits per heavy atom. The van der Waals surface area contributed by atoms with Gasteiger partial charge in [0.15, 0.2) is 0 Å². The first-order valence-corrected chi connectivity index (χ1v) is 7.99. The molecule has 2 aromatic rings. The average Bonchev–Trinajstić information content (AvgIpc) is 3.17. The summed E-state index contributed by atoms with van der Waals surface area (Å²) < 4.78 is 1.83. The van der Waals surface area contributed by atoms with E-state index in [1.807, 2.05) is 21.7 Å². The molecule has 7 nitrogen and oxygen atoms in total. The van der Waals surface area contributed by atoms with E-state index in [9.17, 15) is 4.79 Å². The van der Waals surface area contributed by atoms with Crippen molar-refractivity contribution in [3.63, 3.8) is 0 Å². The molecule has 1 N–H and O–H groups in total. The zero-order chi connectivity index (χ0) is 15.7. The van der Waals surface area contributed by atoms with E-state index < -0.39 is 0 Å². The number of aromatic nitrogens is 4. The first-order chi connectivity index (χ1) is 11.2. The van der Waals surface area contributed by atoms with Gasteiger partial charge in [-0.25, -0.2) is 15.0 Å². The number of nitrogens with zero attached hydrogens (tertiary/aromatic N) is 5. The summed E-state index contributed by atoms with van der Waals surface area (Å²) in [7, 11) is 0. The van der Waals surface area contributed by atoms with Crippen molar-refractivity contribution in [3.05, 3.63) is 37.3 Å². The summed E-state index contributed by atoms with van der Waals surface area (Å²) in [6.07, 6.45) is 11.8. The Hall–Kier alpha value is -2.44. The Labute approximate surface area is 134 Å². The van der Waals surface area contributed by atoms with Gasteiger partial charge in [-0.1, -0.05) is 0 Å². The molecule has 1 aliphatic heterocycles. The van der Waals surface area contributed by atoms with Crippen molar-refractivity contribution >= 4 is 11.7 Å². The Bertz CT molecular complexity index is 665. The fourth-order valence-corrected chi connectivity index (χ4v) is 3.79. The van der Waals surface area contributed by atoms with Crippen LogP contribution in [0.15, 0.2) is 37.3 Å². The third kappa shape index (κ3) is 2.91. The number of rotatable bonds is 4. The summed E-state index contributed by atoms with van der Waals surface area (Å²) in [5.41, 5.74) is 0.301. The molecular formula is C16H20N6O. The molecule has 0 aromatic carbocycles. The zero-order valence-electron chi connectivity index (χ0n) is 12.9. The number of amides is 1. The molecule has 4 rings (SSSR count). The van der Waals surface area contributed by atoms with Crippen molar-refractivity contribution in [2.75, 3.05) is 18.4 Å². The molecule has 120 valence electrons. The van der Waals surface area contributed by atoms with E-state index in [4.69, 9.17) is 0 Å². The van der Waals surface area contributed by atoms with Gasteiger partial charge in [-0.2, -0.15) is 0 Å². The number of imidazole rings is 1. The van der Waals surface area contributed by atoms with E-state index in [-0.39, 0.29) is 5.91 Å². The second-order valence-electron chi connectivity index (χ2n) is 6.64. The molecule has 2 fully saturated rings. The lowest BCUT2D eigenvalue weighted by Crippen LogP contribution is -2.47. The summed E-state index contributed by atoms with van der Waals surface area (Å²) in [6, 6.07) is 2.34. The number of carbonyl (C=O) groups is 1. The predicted molar refractivity (Wildman–Crippen MR) is 84.5 cm³/mol. The molecule has 0 unspecified atom stereocenters. The molecule has 3 heterocycles. The van der Waals surface area contributed by atoms with Crippen molar-refractivity contribution in [3.8, 4) is 0 Å². The van der Waals surface area contributed by atoms with Gasteiger partial charge in [-0.15, -0.1) is 0 Å². The SMILES string of the molecule is O=C(Cn1ccnc1)N1CCC2(CC(Nc3ccncn3)C2)C1. The van der Waals surface area contributed by atoms with Crippen molar-refractivity contribution in [1.82, 2.24) is 24.4 Å². The first kappa shape index (κ1) is 14.2. The van der Waals surface area contributed by atoms with Crippen LogP contribution in [0.4, 0.5) is 5.82 Å². The van der Waals surface area contributed by atoms with E-state index in [2.05, 4.69) is 20.3 Å². The van der Waals surface area contributed by atoms with Crippen LogP contribution in [-0.2, 0) is 11.3 Å². The highest BCUT2D eigenvalue weighted by Crippen LogP contribution is 2.49. The van der Waals surface area contributed by atoms with E-state index >= 15 is 0 Å². The van der Waals surface area contributed by atoms with Crippen LogP contribution in [0.1, 0.15) is 19.3 Å². The Morgan fingerprint density at radius 3 is 3.00 bits per heavy atom. The average molecular weight is 312 g/mol. The van der Waals surface area contributed by atoms with Crippen molar-refractivity contribution in [2.45, 2.75) is 31.8 Å². The van der Waals surface area contributed by atoms with Crippen molar-refractivity contribution in [2.24, 2.45) is 5.41 Å². The predicted octanol–water partition coefficient (Wildman–Crippen LogP) is 1.17. The standard InChI is InChI=1S/C16H20N6O/c23-15(9-21-6-4-18-12-21)22-5-2-16(10-22)7-13(8-16)20-14-1-3-17-11-19-14/h1,3-4,6,11-13H,2,5,7-10H2,(H,17,19,20). The third-order valence-corrected chi connectivity index (χ3v) is 4.96. The second kappa shape index (κ2) is 5.64. The highest BCUT2D eigenvalue weighted by atomic mass is 16.2. The monoisotopic (exact) mass is 312 g/mol. The van der Waals surface area contributed by atoms with Gasteiger partial charge in [0.05, 0.1) is 6.33 Å². The van der Waals surface area contributed by atoms with Crippen LogP contribution in [0.2, 0.25) is 0 Å². The molecule has 23 heavy (non-hydrogen) atoms. The van der Waals surface area contributed by atoms with E-state index in [0.29, 0.717) is 18.0 Å². The number of hydrogen-bond donors (Lipinski definition) is 1. The third-order valence-electron chi connectivity index (χ3n) is 4.96. The van der Waals surface area contributed by atoms with Gasteiger partial charge in [-0.05, 0) is 30.7 Å². The molecule has 1 saturated heterocycles. The molecular weight excluding hydrogens is 292 g/mol. The van der Waals surface area contributed by atoms with Gasteiger partial charge in [0.25, 0.3) is 0 Å². The second-order valence-corrected chi connectivity index (χ2v) is 6.64. The maximum absolute atomic E-state index is 12.4. The van der Waals surface area contributed by atoms with Crippen LogP contribution in [0, 0.1) is 5.41 Å².